The average Bonchev–Trinajstić information content (AvgIpc) is 2.66. The fraction of sp³-hybridized carbons (Fsp3) is 0.381. The van der Waals surface area contributed by atoms with E-state index in [0.29, 0.717) is 23.6 Å². The number of ether oxygens (including phenoxy) is 1. The van der Waals surface area contributed by atoms with Crippen molar-refractivity contribution < 1.29 is 22.7 Å². The number of benzene rings is 2. The second-order valence-electron chi connectivity index (χ2n) is 6.32. The van der Waals surface area contributed by atoms with Crippen molar-refractivity contribution in [2.24, 2.45) is 0 Å². The number of carbonyl (C=O) groups excluding carboxylic acids is 1. The summed E-state index contributed by atoms with van der Waals surface area (Å²) in [6.45, 7) is 7.54. The molecule has 0 radical (unpaired) electrons. The number of alkyl halides is 3. The lowest BCUT2D eigenvalue weighted by Crippen LogP contribution is -2.27. The van der Waals surface area contributed by atoms with Gasteiger partial charge in [0.05, 0.1) is 12.0 Å². The monoisotopic (exact) mass is 394 g/mol. The number of amides is 1. The summed E-state index contributed by atoms with van der Waals surface area (Å²) in [6, 6.07) is 11.7. The molecule has 1 N–H and O–H groups in total. The molecule has 2 aromatic carbocycles. The van der Waals surface area contributed by atoms with Crippen molar-refractivity contribution in [1.29, 1.82) is 0 Å². The van der Waals surface area contributed by atoms with Crippen LogP contribution in [-0.2, 0) is 17.4 Å². The summed E-state index contributed by atoms with van der Waals surface area (Å²) in [6.07, 6.45) is -4.56. The summed E-state index contributed by atoms with van der Waals surface area (Å²) >= 11 is 0. The first-order valence-electron chi connectivity index (χ1n) is 9.23. The quantitative estimate of drug-likeness (QED) is 0.676. The lowest BCUT2D eigenvalue weighted by Gasteiger charge is -2.18. The van der Waals surface area contributed by atoms with Gasteiger partial charge in [-0.1, -0.05) is 32.0 Å². The first-order chi connectivity index (χ1) is 13.3. The molecule has 0 bridgehead atoms. The van der Waals surface area contributed by atoms with Crippen molar-refractivity contribution in [2.45, 2.75) is 26.4 Å². The summed E-state index contributed by atoms with van der Waals surface area (Å²) in [5, 5.41) is 2.68. The van der Waals surface area contributed by atoms with E-state index in [1.165, 1.54) is 12.1 Å². The summed E-state index contributed by atoms with van der Waals surface area (Å²) in [5.74, 6) is 0.317. The van der Waals surface area contributed by atoms with Crippen molar-refractivity contribution in [1.82, 2.24) is 4.90 Å². The Morgan fingerprint density at radius 1 is 1.07 bits per heavy atom. The lowest BCUT2D eigenvalue weighted by atomic mass is 10.1. The van der Waals surface area contributed by atoms with Crippen LogP contribution in [0.2, 0.25) is 0 Å². The van der Waals surface area contributed by atoms with Crippen molar-refractivity contribution in [3.8, 4) is 5.75 Å². The average molecular weight is 394 g/mol. The van der Waals surface area contributed by atoms with E-state index in [9.17, 15) is 18.0 Å². The van der Waals surface area contributed by atoms with Gasteiger partial charge in [-0.25, -0.2) is 0 Å². The van der Waals surface area contributed by atoms with Crippen LogP contribution in [0.1, 0.15) is 25.0 Å². The van der Waals surface area contributed by atoms with Crippen LogP contribution in [0.5, 0.6) is 5.75 Å². The number of nitrogens with zero attached hydrogens (tertiary/aromatic N) is 1. The Labute approximate surface area is 163 Å². The van der Waals surface area contributed by atoms with Crippen molar-refractivity contribution >= 4 is 11.6 Å². The zero-order valence-electron chi connectivity index (χ0n) is 16.1. The van der Waals surface area contributed by atoms with E-state index in [0.717, 1.165) is 31.8 Å². The van der Waals surface area contributed by atoms with Crippen molar-refractivity contribution in [2.75, 3.05) is 31.6 Å². The third-order valence-electron chi connectivity index (χ3n) is 4.33. The highest BCUT2D eigenvalue weighted by molar-refractivity contribution is 5.92. The van der Waals surface area contributed by atoms with Crippen LogP contribution >= 0.6 is 0 Å². The Bertz CT molecular complexity index is 757. The van der Waals surface area contributed by atoms with E-state index in [1.807, 2.05) is 0 Å². The maximum Gasteiger partial charge on any atom is 0.416 e. The van der Waals surface area contributed by atoms with Gasteiger partial charge < -0.3 is 15.0 Å². The predicted octanol–water partition coefficient (Wildman–Crippen LogP) is 4.61. The Balaban J connectivity index is 1.86. The van der Waals surface area contributed by atoms with E-state index in [-0.39, 0.29) is 12.3 Å². The molecule has 28 heavy (non-hydrogen) atoms. The smallest absolute Gasteiger partial charge is 0.416 e. The minimum absolute atomic E-state index is 0.133. The number of anilines is 1. The molecule has 0 aliphatic heterocycles. The molecule has 0 aromatic heterocycles. The molecular formula is C21H25F3N2O2. The summed E-state index contributed by atoms with van der Waals surface area (Å²) in [4.78, 5) is 14.4. The van der Waals surface area contributed by atoms with Crippen LogP contribution in [0.25, 0.3) is 0 Å². The highest BCUT2D eigenvalue weighted by Crippen LogP contribution is 2.29. The van der Waals surface area contributed by atoms with Gasteiger partial charge in [0.15, 0.2) is 0 Å². The van der Waals surface area contributed by atoms with Crippen LogP contribution in [-0.4, -0.2) is 37.0 Å². The third-order valence-corrected chi connectivity index (χ3v) is 4.33. The molecule has 0 aliphatic rings. The van der Waals surface area contributed by atoms with Gasteiger partial charge in [-0.3, -0.25) is 4.79 Å². The number of nitrogens with one attached hydrogen (secondary N) is 1. The van der Waals surface area contributed by atoms with E-state index >= 15 is 0 Å². The van der Waals surface area contributed by atoms with Gasteiger partial charge in [0.25, 0.3) is 0 Å². The van der Waals surface area contributed by atoms with E-state index < -0.39 is 11.7 Å². The maximum atomic E-state index is 12.7. The SMILES string of the molecule is CCN(CC)CCOc1ccc(NC(=O)Cc2cccc(C(F)(F)F)c2)cc1. The predicted molar refractivity (Wildman–Crippen MR) is 104 cm³/mol. The highest BCUT2D eigenvalue weighted by Gasteiger charge is 2.30. The molecular weight excluding hydrogens is 369 g/mol. The van der Waals surface area contributed by atoms with Crippen LogP contribution in [0.3, 0.4) is 0 Å². The van der Waals surface area contributed by atoms with E-state index in [1.54, 1.807) is 24.3 Å². The van der Waals surface area contributed by atoms with Crippen LogP contribution in [0.4, 0.5) is 18.9 Å². The topological polar surface area (TPSA) is 41.6 Å². The Hall–Kier alpha value is -2.54. The Morgan fingerprint density at radius 2 is 1.75 bits per heavy atom. The van der Waals surface area contributed by atoms with Crippen LogP contribution in [0, 0.1) is 0 Å². The van der Waals surface area contributed by atoms with E-state index in [4.69, 9.17) is 4.74 Å². The van der Waals surface area contributed by atoms with Gasteiger partial charge in [0, 0.05) is 12.2 Å². The second-order valence-corrected chi connectivity index (χ2v) is 6.32. The molecule has 152 valence electrons. The van der Waals surface area contributed by atoms with Gasteiger partial charge in [-0.05, 0) is 49.0 Å². The van der Waals surface area contributed by atoms with Gasteiger partial charge in [0.2, 0.25) is 5.91 Å². The fourth-order valence-corrected chi connectivity index (χ4v) is 2.72. The summed E-state index contributed by atoms with van der Waals surface area (Å²) in [7, 11) is 0. The molecule has 0 saturated heterocycles. The molecule has 0 atom stereocenters. The number of halogens is 3. The normalized spacial score (nSPS) is 11.5. The minimum Gasteiger partial charge on any atom is -0.492 e. The molecule has 0 heterocycles. The van der Waals surface area contributed by atoms with E-state index in [2.05, 4.69) is 24.1 Å². The second kappa shape index (κ2) is 10.1. The number of likely N-dealkylation sites (N-methyl/N-ethyl adjacent to an activating group) is 1. The molecule has 0 saturated carbocycles. The summed E-state index contributed by atoms with van der Waals surface area (Å²) in [5.41, 5.74) is 0.112. The first-order valence-corrected chi connectivity index (χ1v) is 9.23. The molecule has 0 aliphatic carbocycles. The van der Waals surface area contributed by atoms with Crippen LogP contribution < -0.4 is 10.1 Å². The molecule has 4 nitrogen and oxygen atoms in total. The number of rotatable bonds is 9. The van der Waals surface area contributed by atoms with Gasteiger partial charge in [0.1, 0.15) is 12.4 Å². The number of carbonyl (C=O) groups is 1. The molecule has 0 unspecified atom stereocenters. The zero-order chi connectivity index (χ0) is 20.6. The Kier molecular flexibility index (Phi) is 7.87. The standard InChI is InChI=1S/C21H25F3N2O2/c1-3-26(4-2)12-13-28-19-10-8-18(9-11-19)25-20(27)15-16-6-5-7-17(14-16)21(22,23)24/h5-11,14H,3-4,12-13,15H2,1-2H3,(H,25,27). The summed E-state index contributed by atoms with van der Waals surface area (Å²) < 4.78 is 43.9. The molecule has 0 spiro atoms. The van der Waals surface area contributed by atoms with Crippen molar-refractivity contribution in [3.05, 3.63) is 59.7 Å². The van der Waals surface area contributed by atoms with Crippen LogP contribution in [0.15, 0.2) is 48.5 Å². The van der Waals surface area contributed by atoms with Gasteiger partial charge in [-0.15, -0.1) is 0 Å². The fourth-order valence-electron chi connectivity index (χ4n) is 2.72. The van der Waals surface area contributed by atoms with Gasteiger partial charge >= 0.3 is 6.18 Å². The first kappa shape index (κ1) is 21.8. The van der Waals surface area contributed by atoms with Crippen molar-refractivity contribution in [3.63, 3.8) is 0 Å². The maximum absolute atomic E-state index is 12.7. The highest BCUT2D eigenvalue weighted by atomic mass is 19.4. The van der Waals surface area contributed by atoms with Gasteiger partial charge in [-0.2, -0.15) is 13.2 Å². The molecule has 2 rings (SSSR count). The lowest BCUT2D eigenvalue weighted by molar-refractivity contribution is -0.137. The minimum atomic E-state index is -4.42. The zero-order valence-corrected chi connectivity index (χ0v) is 16.1. The number of hydrogen-bond donors (Lipinski definition) is 1. The third kappa shape index (κ3) is 6.88. The molecule has 7 heteroatoms. The molecule has 1 amide bonds. The molecule has 2 aromatic rings. The Morgan fingerprint density at radius 3 is 2.36 bits per heavy atom. The number of hydrogen-bond acceptors (Lipinski definition) is 3. The molecule has 0 fully saturated rings. The largest absolute Gasteiger partial charge is 0.492 e.